The van der Waals surface area contributed by atoms with E-state index in [1.165, 1.54) is 25.2 Å². The zero-order valence-electron chi connectivity index (χ0n) is 19.3. The second kappa shape index (κ2) is 9.40. The fourth-order valence-corrected chi connectivity index (χ4v) is 4.81. The Labute approximate surface area is 202 Å². The Bertz CT molecular complexity index is 1200. The van der Waals surface area contributed by atoms with E-state index < -0.39 is 6.09 Å². The number of hydrogen-bond acceptors (Lipinski definition) is 6. The summed E-state index contributed by atoms with van der Waals surface area (Å²) in [6.07, 6.45) is 2.39. The van der Waals surface area contributed by atoms with Crippen LogP contribution in [0.25, 0.3) is 11.1 Å². The molecule has 2 aliphatic rings. The van der Waals surface area contributed by atoms with Crippen LogP contribution in [0, 0.1) is 11.2 Å². The van der Waals surface area contributed by atoms with Gasteiger partial charge in [-0.25, -0.2) is 9.18 Å². The van der Waals surface area contributed by atoms with Crippen molar-refractivity contribution in [1.82, 2.24) is 15.4 Å². The minimum absolute atomic E-state index is 0.0658. The zero-order chi connectivity index (χ0) is 24.4. The number of aromatic nitrogens is 1. The van der Waals surface area contributed by atoms with Crippen LogP contribution in [0.4, 0.5) is 9.18 Å². The quantitative estimate of drug-likeness (QED) is 0.563. The standard InChI is InChI=1S/C26H26FN3O5/c1-28-24(31)23-12-21(35-29-23)15-33-25(32)30-11-10-26(16-30)13-22(14-26)34-20-8-4-18(5-9-20)17-2-6-19(27)7-3-17/h2-9,12,22H,10-11,13-16H2,1H3,(H,28,31). The molecule has 1 spiro atoms. The SMILES string of the molecule is CNC(=O)c1cc(COC(=O)N2CCC3(CC(Oc4ccc(-c5ccc(F)cc5)cc4)C3)C2)on1. The second-order valence-corrected chi connectivity index (χ2v) is 9.16. The first-order valence-electron chi connectivity index (χ1n) is 11.6. The largest absolute Gasteiger partial charge is 0.490 e. The third kappa shape index (κ3) is 4.99. The van der Waals surface area contributed by atoms with E-state index in [2.05, 4.69) is 10.5 Å². The Morgan fingerprint density at radius 3 is 2.51 bits per heavy atom. The summed E-state index contributed by atoms with van der Waals surface area (Å²) in [5.41, 5.74) is 2.16. The number of nitrogens with one attached hydrogen (secondary N) is 1. The van der Waals surface area contributed by atoms with Gasteiger partial charge < -0.3 is 24.2 Å². The number of rotatable bonds is 6. The summed E-state index contributed by atoms with van der Waals surface area (Å²) in [4.78, 5) is 25.7. The summed E-state index contributed by atoms with van der Waals surface area (Å²) in [5, 5.41) is 6.11. The van der Waals surface area contributed by atoms with Crippen molar-refractivity contribution in [3.05, 3.63) is 71.9 Å². The van der Waals surface area contributed by atoms with Gasteiger partial charge in [0.05, 0.1) is 6.10 Å². The molecule has 0 radical (unpaired) electrons. The highest BCUT2D eigenvalue weighted by molar-refractivity contribution is 5.91. The van der Waals surface area contributed by atoms with Gasteiger partial charge in [-0.1, -0.05) is 29.4 Å². The molecule has 2 amide bonds. The van der Waals surface area contributed by atoms with Crippen LogP contribution in [-0.2, 0) is 11.3 Å². The Hall–Kier alpha value is -3.88. The molecule has 2 fully saturated rings. The molecule has 1 aliphatic heterocycles. The highest BCUT2D eigenvalue weighted by Crippen LogP contribution is 2.49. The summed E-state index contributed by atoms with van der Waals surface area (Å²) in [6, 6.07) is 15.7. The van der Waals surface area contributed by atoms with Crippen molar-refractivity contribution in [3.63, 3.8) is 0 Å². The molecule has 2 heterocycles. The predicted molar refractivity (Wildman–Crippen MR) is 124 cm³/mol. The molecule has 1 N–H and O–H groups in total. The number of benzene rings is 2. The maximum absolute atomic E-state index is 13.1. The maximum Gasteiger partial charge on any atom is 0.410 e. The molecule has 5 rings (SSSR count). The van der Waals surface area contributed by atoms with Gasteiger partial charge in [-0.3, -0.25) is 4.79 Å². The van der Waals surface area contributed by atoms with Gasteiger partial charge >= 0.3 is 6.09 Å². The summed E-state index contributed by atoms with van der Waals surface area (Å²) in [7, 11) is 1.50. The number of ether oxygens (including phenoxy) is 2. The summed E-state index contributed by atoms with van der Waals surface area (Å²) in [6.45, 7) is 1.19. The summed E-state index contributed by atoms with van der Waals surface area (Å²) in [5.74, 6) is 0.498. The topological polar surface area (TPSA) is 93.9 Å². The average Bonchev–Trinajstić information content (AvgIpc) is 3.51. The van der Waals surface area contributed by atoms with Crippen LogP contribution in [0.1, 0.15) is 35.5 Å². The van der Waals surface area contributed by atoms with E-state index in [-0.39, 0.29) is 35.5 Å². The Kier molecular flexibility index (Phi) is 6.15. The lowest BCUT2D eigenvalue weighted by atomic mass is 9.66. The first kappa shape index (κ1) is 22.9. The molecule has 8 nitrogen and oxygen atoms in total. The van der Waals surface area contributed by atoms with E-state index >= 15 is 0 Å². The predicted octanol–water partition coefficient (Wildman–Crippen LogP) is 4.41. The molecule has 1 aliphatic carbocycles. The van der Waals surface area contributed by atoms with E-state index in [4.69, 9.17) is 14.0 Å². The van der Waals surface area contributed by atoms with Crippen molar-refractivity contribution >= 4 is 12.0 Å². The lowest BCUT2D eigenvalue weighted by Crippen LogP contribution is -2.46. The fourth-order valence-electron chi connectivity index (χ4n) is 4.81. The minimum Gasteiger partial charge on any atom is -0.490 e. The van der Waals surface area contributed by atoms with Crippen LogP contribution in [0.15, 0.2) is 59.1 Å². The molecular formula is C26H26FN3O5. The lowest BCUT2D eigenvalue weighted by Gasteiger charge is -2.44. The van der Waals surface area contributed by atoms with Crippen LogP contribution in [0.5, 0.6) is 5.75 Å². The van der Waals surface area contributed by atoms with Gasteiger partial charge in [0.25, 0.3) is 5.91 Å². The molecule has 1 saturated carbocycles. The second-order valence-electron chi connectivity index (χ2n) is 9.16. The number of amides is 2. The van der Waals surface area contributed by atoms with E-state index in [1.54, 1.807) is 17.0 Å². The van der Waals surface area contributed by atoms with Crippen molar-refractivity contribution < 1.29 is 28.0 Å². The van der Waals surface area contributed by atoms with Crippen LogP contribution in [0.3, 0.4) is 0 Å². The number of carbonyl (C=O) groups is 2. The number of nitrogens with zero attached hydrogens (tertiary/aromatic N) is 2. The van der Waals surface area contributed by atoms with Gasteiger partial charge in [0.1, 0.15) is 11.6 Å². The molecule has 1 saturated heterocycles. The monoisotopic (exact) mass is 479 g/mol. The molecule has 0 bridgehead atoms. The van der Waals surface area contributed by atoms with E-state index in [9.17, 15) is 14.0 Å². The van der Waals surface area contributed by atoms with Crippen LogP contribution >= 0.6 is 0 Å². The highest BCUT2D eigenvalue weighted by Gasteiger charge is 2.51. The fraction of sp³-hybridized carbons (Fsp3) is 0.346. The molecule has 0 unspecified atom stereocenters. The van der Waals surface area contributed by atoms with Crippen LogP contribution in [-0.4, -0.2) is 48.3 Å². The number of likely N-dealkylation sites (tertiary alicyclic amines) is 1. The van der Waals surface area contributed by atoms with Gasteiger partial charge in [-0.15, -0.1) is 0 Å². The molecule has 1 aromatic heterocycles. The van der Waals surface area contributed by atoms with Crippen molar-refractivity contribution in [3.8, 4) is 16.9 Å². The van der Waals surface area contributed by atoms with Gasteiger partial charge in [0.2, 0.25) is 0 Å². The molecule has 2 aromatic carbocycles. The Balaban J connectivity index is 1.08. The normalized spacial score (nSPS) is 21.0. The average molecular weight is 480 g/mol. The van der Waals surface area contributed by atoms with Crippen molar-refractivity contribution in [2.24, 2.45) is 5.41 Å². The van der Waals surface area contributed by atoms with E-state index in [0.29, 0.717) is 18.8 Å². The Morgan fingerprint density at radius 2 is 1.83 bits per heavy atom. The van der Waals surface area contributed by atoms with Crippen molar-refractivity contribution in [2.75, 3.05) is 20.1 Å². The molecule has 3 aromatic rings. The number of hydrogen-bond donors (Lipinski definition) is 1. The highest BCUT2D eigenvalue weighted by atomic mass is 19.1. The third-order valence-corrected chi connectivity index (χ3v) is 6.71. The first-order valence-corrected chi connectivity index (χ1v) is 11.6. The molecule has 182 valence electrons. The van der Waals surface area contributed by atoms with Crippen LogP contribution in [0.2, 0.25) is 0 Å². The smallest absolute Gasteiger partial charge is 0.410 e. The molecule has 0 atom stereocenters. The number of halogens is 1. The number of carbonyl (C=O) groups excluding carboxylic acids is 2. The lowest BCUT2D eigenvalue weighted by molar-refractivity contribution is -0.00876. The summed E-state index contributed by atoms with van der Waals surface area (Å²) < 4.78 is 29.7. The molecular weight excluding hydrogens is 453 g/mol. The third-order valence-electron chi connectivity index (χ3n) is 6.71. The van der Waals surface area contributed by atoms with Gasteiger partial charge in [0, 0.05) is 26.2 Å². The van der Waals surface area contributed by atoms with Crippen LogP contribution < -0.4 is 10.1 Å². The summed E-state index contributed by atoms with van der Waals surface area (Å²) >= 11 is 0. The van der Waals surface area contributed by atoms with Crippen molar-refractivity contribution in [2.45, 2.75) is 32.0 Å². The Morgan fingerprint density at radius 1 is 1.14 bits per heavy atom. The van der Waals surface area contributed by atoms with Gasteiger partial charge in [-0.05, 0) is 60.1 Å². The first-order chi connectivity index (χ1) is 16.9. The van der Waals surface area contributed by atoms with E-state index in [1.807, 2.05) is 24.3 Å². The van der Waals surface area contributed by atoms with Crippen molar-refractivity contribution in [1.29, 1.82) is 0 Å². The molecule has 9 heteroatoms. The van der Waals surface area contributed by atoms with Gasteiger partial charge in [-0.2, -0.15) is 0 Å². The molecule has 35 heavy (non-hydrogen) atoms. The zero-order valence-corrected chi connectivity index (χ0v) is 19.3. The minimum atomic E-state index is -0.402. The maximum atomic E-state index is 13.1. The van der Waals surface area contributed by atoms with E-state index in [0.717, 1.165) is 36.1 Å². The van der Waals surface area contributed by atoms with Gasteiger partial charge in [0.15, 0.2) is 18.1 Å².